The molecule has 2 N–H and O–H groups in total. The zero-order valence-electron chi connectivity index (χ0n) is 9.72. The molecule has 94 valence electrons. The average Bonchev–Trinajstić information content (AvgIpc) is 2.81. The summed E-state index contributed by atoms with van der Waals surface area (Å²) in [5.41, 5.74) is 8.25. The van der Waals surface area contributed by atoms with Crippen LogP contribution in [0.25, 0.3) is 11.3 Å². The predicted octanol–water partition coefficient (Wildman–Crippen LogP) is 1.83. The van der Waals surface area contributed by atoms with Gasteiger partial charge >= 0.3 is 0 Å². The fourth-order valence-electron chi connectivity index (χ4n) is 2.35. The van der Waals surface area contributed by atoms with Crippen molar-refractivity contribution in [2.24, 2.45) is 5.73 Å². The maximum Gasteiger partial charge on any atom is 0.161 e. The molecule has 0 aliphatic carbocycles. The molecule has 3 rings (SSSR count). The summed E-state index contributed by atoms with van der Waals surface area (Å²) in [6, 6.07) is 9.62. The lowest BCUT2D eigenvalue weighted by atomic mass is 10.1. The van der Waals surface area contributed by atoms with Crippen LogP contribution >= 0.6 is 0 Å². The molecule has 1 aromatic heterocycles. The third-order valence-electron chi connectivity index (χ3n) is 3.16. The van der Waals surface area contributed by atoms with Gasteiger partial charge < -0.3 is 10.2 Å². The Balaban J connectivity index is 2.16. The lowest BCUT2D eigenvalue weighted by molar-refractivity contribution is 0.536. The molecule has 18 heavy (non-hydrogen) atoms. The fraction of sp³-hybridized carbons (Fsp3) is 0.231. The van der Waals surface area contributed by atoms with Gasteiger partial charge in [0.15, 0.2) is 9.84 Å². The molecule has 0 bridgehead atoms. The van der Waals surface area contributed by atoms with Gasteiger partial charge in [-0.1, -0.05) is 30.3 Å². The second kappa shape index (κ2) is 3.96. The molecule has 2 aromatic rings. The lowest BCUT2D eigenvalue weighted by Gasteiger charge is -2.02. The largest absolute Gasteiger partial charge is 0.459 e. The summed E-state index contributed by atoms with van der Waals surface area (Å²) in [5, 5.41) is 0. The van der Waals surface area contributed by atoms with Gasteiger partial charge in [0.25, 0.3) is 0 Å². The Morgan fingerprint density at radius 2 is 1.89 bits per heavy atom. The minimum Gasteiger partial charge on any atom is -0.459 e. The van der Waals surface area contributed by atoms with Crippen LogP contribution in [0.1, 0.15) is 16.9 Å². The maximum absolute atomic E-state index is 11.6. The van der Waals surface area contributed by atoms with Gasteiger partial charge in [0.2, 0.25) is 0 Å². The van der Waals surface area contributed by atoms with E-state index in [1.54, 1.807) is 0 Å². The Morgan fingerprint density at radius 3 is 2.56 bits per heavy atom. The van der Waals surface area contributed by atoms with E-state index in [0.717, 1.165) is 16.7 Å². The Bertz CT molecular complexity index is 687. The molecule has 1 aromatic carbocycles. The normalized spacial score (nSPS) is 16.7. The molecule has 0 radical (unpaired) electrons. The number of nitrogens with two attached hydrogens (primary N) is 1. The minimum absolute atomic E-state index is 0.0117. The summed E-state index contributed by atoms with van der Waals surface area (Å²) >= 11 is 0. The van der Waals surface area contributed by atoms with Crippen LogP contribution in [0, 0.1) is 0 Å². The molecule has 2 heterocycles. The molecule has 4 nitrogen and oxygen atoms in total. The highest BCUT2D eigenvalue weighted by Gasteiger charge is 2.32. The van der Waals surface area contributed by atoms with Gasteiger partial charge in [0, 0.05) is 23.2 Å². The number of sulfone groups is 1. The van der Waals surface area contributed by atoms with Gasteiger partial charge in [0.05, 0.1) is 5.75 Å². The van der Waals surface area contributed by atoms with Gasteiger partial charge in [-0.05, 0) is 0 Å². The van der Waals surface area contributed by atoms with E-state index < -0.39 is 9.84 Å². The van der Waals surface area contributed by atoms with Crippen LogP contribution in [-0.2, 0) is 27.9 Å². The van der Waals surface area contributed by atoms with Crippen molar-refractivity contribution in [3.05, 3.63) is 47.2 Å². The zero-order valence-corrected chi connectivity index (χ0v) is 10.5. The third-order valence-corrected chi connectivity index (χ3v) is 4.59. The van der Waals surface area contributed by atoms with Crippen LogP contribution < -0.4 is 5.73 Å². The minimum atomic E-state index is -3.04. The Hall–Kier alpha value is -1.59. The van der Waals surface area contributed by atoms with Crippen LogP contribution in [0.15, 0.2) is 34.7 Å². The summed E-state index contributed by atoms with van der Waals surface area (Å²) in [7, 11) is -3.04. The molecule has 1 aliphatic rings. The number of furan rings is 1. The first kappa shape index (κ1) is 11.5. The van der Waals surface area contributed by atoms with Crippen molar-refractivity contribution in [1.82, 2.24) is 0 Å². The van der Waals surface area contributed by atoms with E-state index >= 15 is 0 Å². The lowest BCUT2D eigenvalue weighted by Crippen LogP contribution is -2.02. The molecule has 0 amide bonds. The molecule has 5 heteroatoms. The van der Waals surface area contributed by atoms with E-state index in [2.05, 4.69) is 0 Å². The van der Waals surface area contributed by atoms with Crippen LogP contribution in [0.2, 0.25) is 0 Å². The van der Waals surface area contributed by atoms with Crippen LogP contribution in [0.3, 0.4) is 0 Å². The molecular formula is C13H13NO3S. The number of benzene rings is 1. The Kier molecular flexibility index (Phi) is 2.53. The maximum atomic E-state index is 11.6. The predicted molar refractivity (Wildman–Crippen MR) is 68.4 cm³/mol. The van der Waals surface area contributed by atoms with Gasteiger partial charge in [-0.15, -0.1) is 0 Å². The van der Waals surface area contributed by atoms with Crippen molar-refractivity contribution in [3.63, 3.8) is 0 Å². The standard InChI is InChI=1S/C13H13NO3S/c14-6-10-11-7-18(15,16)8-12(11)17-13(10)9-4-2-1-3-5-9/h1-5H,6-8,14H2. The average molecular weight is 263 g/mol. The first-order chi connectivity index (χ1) is 8.61. The summed E-state index contributed by atoms with van der Waals surface area (Å²) in [6.45, 7) is 0.290. The number of rotatable bonds is 2. The highest BCUT2D eigenvalue weighted by Crippen LogP contribution is 2.37. The molecule has 1 aliphatic heterocycles. The summed E-state index contributed by atoms with van der Waals surface area (Å²) < 4.78 is 28.8. The molecule has 0 atom stereocenters. The zero-order chi connectivity index (χ0) is 12.8. The highest BCUT2D eigenvalue weighted by molar-refractivity contribution is 7.90. The van der Waals surface area contributed by atoms with Gasteiger partial charge in [0.1, 0.15) is 17.3 Å². The van der Waals surface area contributed by atoms with E-state index in [1.165, 1.54) is 0 Å². The fourth-order valence-corrected chi connectivity index (χ4v) is 3.85. The van der Waals surface area contributed by atoms with Crippen LogP contribution in [0.5, 0.6) is 0 Å². The van der Waals surface area contributed by atoms with Gasteiger partial charge in [-0.3, -0.25) is 0 Å². The summed E-state index contributed by atoms with van der Waals surface area (Å²) in [4.78, 5) is 0. The monoisotopic (exact) mass is 263 g/mol. The highest BCUT2D eigenvalue weighted by atomic mass is 32.2. The number of hydrogen-bond donors (Lipinski definition) is 1. The summed E-state index contributed by atoms with van der Waals surface area (Å²) in [6.07, 6.45) is 0. The van der Waals surface area contributed by atoms with E-state index in [-0.39, 0.29) is 11.5 Å². The van der Waals surface area contributed by atoms with E-state index in [4.69, 9.17) is 10.2 Å². The molecule has 0 saturated carbocycles. The van der Waals surface area contributed by atoms with Crippen LogP contribution in [-0.4, -0.2) is 8.42 Å². The quantitative estimate of drug-likeness (QED) is 0.897. The molecular weight excluding hydrogens is 250 g/mol. The van der Waals surface area contributed by atoms with Gasteiger partial charge in [-0.25, -0.2) is 8.42 Å². The van der Waals surface area contributed by atoms with E-state index in [1.807, 2.05) is 30.3 Å². The Labute approximate surface area is 105 Å². The molecule has 0 saturated heterocycles. The number of hydrogen-bond acceptors (Lipinski definition) is 4. The van der Waals surface area contributed by atoms with Crippen molar-refractivity contribution < 1.29 is 12.8 Å². The topological polar surface area (TPSA) is 73.3 Å². The van der Waals surface area contributed by atoms with Crippen molar-refractivity contribution in [3.8, 4) is 11.3 Å². The van der Waals surface area contributed by atoms with Gasteiger partial charge in [-0.2, -0.15) is 0 Å². The van der Waals surface area contributed by atoms with Crippen molar-refractivity contribution in [1.29, 1.82) is 0 Å². The molecule has 0 spiro atoms. The van der Waals surface area contributed by atoms with Crippen LogP contribution in [0.4, 0.5) is 0 Å². The van der Waals surface area contributed by atoms with Crippen molar-refractivity contribution in [2.45, 2.75) is 18.1 Å². The number of fused-ring (bicyclic) bond motifs is 1. The first-order valence-electron chi connectivity index (χ1n) is 5.70. The summed E-state index contributed by atoms with van der Waals surface area (Å²) in [5.74, 6) is 1.29. The second-order valence-electron chi connectivity index (χ2n) is 4.41. The molecule has 0 unspecified atom stereocenters. The molecule has 0 fully saturated rings. The first-order valence-corrected chi connectivity index (χ1v) is 7.52. The van der Waals surface area contributed by atoms with Crippen molar-refractivity contribution >= 4 is 9.84 Å². The van der Waals surface area contributed by atoms with E-state index in [9.17, 15) is 8.42 Å². The smallest absolute Gasteiger partial charge is 0.161 e. The van der Waals surface area contributed by atoms with E-state index in [0.29, 0.717) is 18.1 Å². The van der Waals surface area contributed by atoms with Crippen molar-refractivity contribution in [2.75, 3.05) is 0 Å². The third kappa shape index (κ3) is 1.76. The SMILES string of the molecule is NCc1c(-c2ccccc2)oc2c1CS(=O)(=O)C2. The Morgan fingerprint density at radius 1 is 1.17 bits per heavy atom. The second-order valence-corrected chi connectivity index (χ2v) is 6.48.